The van der Waals surface area contributed by atoms with Crippen molar-refractivity contribution in [1.29, 1.82) is 0 Å². The van der Waals surface area contributed by atoms with Gasteiger partial charge in [-0.05, 0) is 105 Å². The second-order valence-corrected chi connectivity index (χ2v) is 10.8. The van der Waals surface area contributed by atoms with E-state index in [1.165, 1.54) is 12.8 Å². The molecule has 8 heteroatoms. The van der Waals surface area contributed by atoms with Crippen LogP contribution in [0.5, 0.6) is 17.2 Å². The predicted octanol–water partition coefficient (Wildman–Crippen LogP) is 5.92. The van der Waals surface area contributed by atoms with Crippen LogP contribution in [-0.2, 0) is 11.2 Å². The van der Waals surface area contributed by atoms with E-state index in [0.29, 0.717) is 54.7 Å². The number of rotatable bonds is 13. The van der Waals surface area contributed by atoms with Crippen LogP contribution in [0.15, 0.2) is 42.5 Å². The van der Waals surface area contributed by atoms with E-state index < -0.39 is 6.29 Å². The summed E-state index contributed by atoms with van der Waals surface area (Å²) in [5, 5.41) is 0. The third kappa shape index (κ3) is 6.70. The summed E-state index contributed by atoms with van der Waals surface area (Å²) in [6, 6.07) is 12.1. The summed E-state index contributed by atoms with van der Waals surface area (Å²) in [6.07, 6.45) is 2.43. The average molecular weight is 528 g/mol. The Morgan fingerprint density at radius 3 is 2.53 bits per heavy atom. The molecule has 0 amide bonds. The highest BCUT2D eigenvalue weighted by Crippen LogP contribution is 2.49. The number of Topliss-reactive ketones (excluding diaryl/α,β-unsaturated/α-hetero) is 2. The van der Waals surface area contributed by atoms with E-state index in [2.05, 4.69) is 14.4 Å². The fraction of sp³-hybridized carbons (Fsp3) is 0.533. The molecular weight excluding hydrogens is 492 g/mol. The summed E-state index contributed by atoms with van der Waals surface area (Å²) in [7, 11) is 1.59. The molecule has 1 saturated carbocycles. The third-order valence-electron chi connectivity index (χ3n) is 8.00. The van der Waals surface area contributed by atoms with Gasteiger partial charge in [-0.2, -0.15) is 0 Å². The minimum atomic E-state index is -3.61. The lowest BCUT2D eigenvalue weighted by Crippen LogP contribution is -2.29. The lowest BCUT2D eigenvalue weighted by atomic mass is 9.91. The first-order valence-corrected chi connectivity index (χ1v) is 13.6. The Morgan fingerprint density at radius 1 is 1.05 bits per heavy atom. The molecule has 0 bridgehead atoms. The highest BCUT2D eigenvalue weighted by Gasteiger charge is 2.45. The van der Waals surface area contributed by atoms with Gasteiger partial charge in [-0.1, -0.05) is 6.07 Å². The Balaban J connectivity index is 1.12. The van der Waals surface area contributed by atoms with E-state index in [4.69, 9.17) is 4.74 Å². The van der Waals surface area contributed by atoms with Crippen molar-refractivity contribution < 1.29 is 32.6 Å². The molecule has 3 unspecified atom stereocenters. The molecule has 0 spiro atoms. The predicted molar refractivity (Wildman–Crippen MR) is 138 cm³/mol. The minimum absolute atomic E-state index is 0.0388. The van der Waals surface area contributed by atoms with Crippen molar-refractivity contribution in [2.75, 3.05) is 26.7 Å². The monoisotopic (exact) mass is 527 g/mol. The normalized spacial score (nSPS) is 22.3. The highest BCUT2D eigenvalue weighted by molar-refractivity contribution is 5.96. The highest BCUT2D eigenvalue weighted by atomic mass is 19.3. The number of methoxy groups -OCH3 is 1. The molecule has 6 nitrogen and oxygen atoms in total. The summed E-state index contributed by atoms with van der Waals surface area (Å²) in [5.41, 5.74) is 1.58. The van der Waals surface area contributed by atoms with Gasteiger partial charge in [0.1, 0.15) is 11.5 Å². The molecule has 2 aromatic carbocycles. The van der Waals surface area contributed by atoms with Gasteiger partial charge in [-0.15, -0.1) is 8.78 Å². The second kappa shape index (κ2) is 11.4. The van der Waals surface area contributed by atoms with Crippen molar-refractivity contribution in [1.82, 2.24) is 4.90 Å². The van der Waals surface area contributed by atoms with Crippen LogP contribution >= 0.6 is 0 Å². The zero-order valence-electron chi connectivity index (χ0n) is 21.8. The number of ketones is 2. The van der Waals surface area contributed by atoms with Gasteiger partial charge in [0.15, 0.2) is 17.3 Å². The molecule has 1 saturated heterocycles. The molecule has 38 heavy (non-hydrogen) atoms. The van der Waals surface area contributed by atoms with Crippen molar-refractivity contribution in [2.24, 2.45) is 17.8 Å². The summed E-state index contributed by atoms with van der Waals surface area (Å²) in [4.78, 5) is 27.6. The zero-order valence-corrected chi connectivity index (χ0v) is 21.8. The Labute approximate surface area is 222 Å². The molecule has 0 radical (unpaired) electrons. The van der Waals surface area contributed by atoms with Gasteiger partial charge in [0, 0.05) is 31.4 Å². The van der Waals surface area contributed by atoms with E-state index in [0.717, 1.165) is 38.0 Å². The quantitative estimate of drug-likeness (QED) is 0.301. The van der Waals surface area contributed by atoms with E-state index in [1.807, 2.05) is 6.07 Å². The zero-order chi connectivity index (χ0) is 26.7. The van der Waals surface area contributed by atoms with Crippen LogP contribution in [0.3, 0.4) is 0 Å². The van der Waals surface area contributed by atoms with Crippen LogP contribution in [0.2, 0.25) is 0 Å². The number of hydrogen-bond donors (Lipinski definition) is 0. The van der Waals surface area contributed by atoms with Gasteiger partial charge in [0.05, 0.1) is 7.11 Å². The van der Waals surface area contributed by atoms with Crippen LogP contribution in [0, 0.1) is 17.8 Å². The number of likely N-dealkylation sites (tertiary alicyclic amines) is 1. The fourth-order valence-corrected chi connectivity index (χ4v) is 5.92. The van der Waals surface area contributed by atoms with E-state index >= 15 is 0 Å². The van der Waals surface area contributed by atoms with Crippen LogP contribution in [0.25, 0.3) is 0 Å². The Morgan fingerprint density at radius 2 is 1.79 bits per heavy atom. The molecule has 204 valence electrons. The maximum absolute atomic E-state index is 13.5. The summed E-state index contributed by atoms with van der Waals surface area (Å²) >= 11 is 0. The molecule has 2 fully saturated rings. The largest absolute Gasteiger partial charge is 0.586 e. The number of hydrogen-bond acceptors (Lipinski definition) is 6. The van der Waals surface area contributed by atoms with Gasteiger partial charge >= 0.3 is 6.29 Å². The number of ether oxygens (including phenoxy) is 3. The summed E-state index contributed by atoms with van der Waals surface area (Å²) in [5.74, 6) is 2.25. The summed E-state index contributed by atoms with van der Waals surface area (Å²) in [6.45, 7) is 3.13. The second-order valence-electron chi connectivity index (χ2n) is 10.8. The van der Waals surface area contributed by atoms with Crippen molar-refractivity contribution in [3.63, 3.8) is 0 Å². The lowest BCUT2D eigenvalue weighted by Gasteiger charge is -2.24. The van der Waals surface area contributed by atoms with Crippen LogP contribution in [0.1, 0.15) is 60.9 Å². The van der Waals surface area contributed by atoms with Crippen molar-refractivity contribution in [2.45, 2.75) is 57.7 Å². The standard InChI is InChI=1S/C30H35F2NO5/c1-36-25-10-8-21(9-11-25)27(35)6-4-5-24(34)17-22-18-26(22)23(19-33-13-2-3-14-33)15-20-7-12-28-29(16-20)38-30(31,32)37-28/h7-12,16,22-23,26H,2-6,13-15,17-19H2,1H3. The van der Waals surface area contributed by atoms with Gasteiger partial charge in [0.2, 0.25) is 0 Å². The first-order chi connectivity index (χ1) is 18.3. The first-order valence-electron chi connectivity index (χ1n) is 13.6. The first kappa shape index (κ1) is 26.6. The number of fused-ring (bicyclic) bond motifs is 1. The van der Waals surface area contributed by atoms with Gasteiger partial charge in [-0.3, -0.25) is 9.59 Å². The molecule has 5 rings (SSSR count). The number of benzene rings is 2. The van der Waals surface area contributed by atoms with Crippen LogP contribution in [0.4, 0.5) is 8.78 Å². The van der Waals surface area contributed by atoms with E-state index in [9.17, 15) is 18.4 Å². The molecule has 2 aromatic rings. The third-order valence-corrected chi connectivity index (χ3v) is 8.00. The van der Waals surface area contributed by atoms with Crippen LogP contribution < -0.4 is 14.2 Å². The Bertz CT molecular complexity index is 1150. The molecule has 2 aliphatic heterocycles. The topological polar surface area (TPSA) is 65.1 Å². The smallest absolute Gasteiger partial charge is 0.497 e. The number of alkyl halides is 2. The SMILES string of the molecule is COc1ccc(C(=O)CCCC(=O)CC2CC2C(Cc2ccc3c(c2)OC(F)(F)O3)CN2CCCC2)cc1. The van der Waals surface area contributed by atoms with E-state index in [1.54, 1.807) is 43.5 Å². The summed E-state index contributed by atoms with van der Waals surface area (Å²) < 4.78 is 41.2. The van der Waals surface area contributed by atoms with Gasteiger partial charge < -0.3 is 19.1 Å². The van der Waals surface area contributed by atoms with Crippen molar-refractivity contribution in [3.8, 4) is 17.2 Å². The van der Waals surface area contributed by atoms with Gasteiger partial charge in [0.25, 0.3) is 0 Å². The molecule has 0 N–H and O–H groups in total. The molecular formula is C30H35F2NO5. The number of carbonyl (C=O) groups excluding carboxylic acids is 2. The van der Waals surface area contributed by atoms with Crippen LogP contribution in [-0.4, -0.2) is 49.5 Å². The average Bonchev–Trinajstić information content (AvgIpc) is 3.30. The molecule has 1 aliphatic carbocycles. The van der Waals surface area contributed by atoms with Gasteiger partial charge in [-0.25, -0.2) is 0 Å². The number of nitrogens with zero attached hydrogens (tertiary/aromatic N) is 1. The molecule has 2 heterocycles. The van der Waals surface area contributed by atoms with Crippen molar-refractivity contribution in [3.05, 3.63) is 53.6 Å². The van der Waals surface area contributed by atoms with Crippen molar-refractivity contribution >= 4 is 11.6 Å². The molecule has 3 atom stereocenters. The number of carbonyl (C=O) groups is 2. The van der Waals surface area contributed by atoms with E-state index in [-0.39, 0.29) is 23.1 Å². The minimum Gasteiger partial charge on any atom is -0.497 e. The number of halogens is 2. The fourth-order valence-electron chi connectivity index (χ4n) is 5.92. The Kier molecular flexibility index (Phi) is 7.98. The lowest BCUT2D eigenvalue weighted by molar-refractivity contribution is -0.286. The Hall–Kier alpha value is -3.00. The molecule has 0 aromatic heterocycles. The molecule has 3 aliphatic rings. The maximum atomic E-state index is 13.5. The maximum Gasteiger partial charge on any atom is 0.586 e.